The summed E-state index contributed by atoms with van der Waals surface area (Å²) in [5.74, 6) is 0.151. The Morgan fingerprint density at radius 1 is 1.40 bits per heavy atom. The minimum Gasteiger partial charge on any atom is -0.347 e. The van der Waals surface area contributed by atoms with Crippen molar-refractivity contribution in [1.82, 2.24) is 15.5 Å². The largest absolute Gasteiger partial charge is 0.347 e. The topological polar surface area (TPSA) is 44.4 Å². The quantitative estimate of drug-likeness (QED) is 0.854. The van der Waals surface area contributed by atoms with Gasteiger partial charge in [0, 0.05) is 13.1 Å². The van der Waals surface area contributed by atoms with E-state index in [1.54, 1.807) is 0 Å². The molecule has 4 nitrogen and oxygen atoms in total. The number of amides is 1. The van der Waals surface area contributed by atoms with Crippen LogP contribution in [0.25, 0.3) is 0 Å². The van der Waals surface area contributed by atoms with Crippen LogP contribution >= 0.6 is 0 Å². The lowest BCUT2D eigenvalue weighted by atomic mass is 9.88. The van der Waals surface area contributed by atoms with E-state index in [2.05, 4.69) is 27.7 Å². The van der Waals surface area contributed by atoms with Crippen LogP contribution in [-0.4, -0.2) is 44.5 Å². The highest BCUT2D eigenvalue weighted by Crippen LogP contribution is 2.26. The lowest BCUT2D eigenvalue weighted by Crippen LogP contribution is -2.44. The second-order valence-corrected chi connectivity index (χ2v) is 6.19. The molecule has 1 aliphatic rings. The molecule has 0 aliphatic carbocycles. The van der Waals surface area contributed by atoms with Crippen LogP contribution in [-0.2, 0) is 4.79 Å². The Bertz CT molecular complexity index is 438. The molecule has 0 saturated carbocycles. The lowest BCUT2D eigenvalue weighted by molar-refractivity contribution is -0.130. The fourth-order valence-corrected chi connectivity index (χ4v) is 2.63. The van der Waals surface area contributed by atoms with E-state index in [9.17, 15) is 4.79 Å². The predicted octanol–water partition coefficient (Wildman–Crippen LogP) is 1.41. The van der Waals surface area contributed by atoms with E-state index >= 15 is 0 Å². The van der Waals surface area contributed by atoms with Crippen LogP contribution in [0.5, 0.6) is 0 Å². The zero-order chi connectivity index (χ0) is 14.6. The molecule has 1 heterocycles. The Kier molecular flexibility index (Phi) is 4.78. The van der Waals surface area contributed by atoms with Gasteiger partial charge >= 0.3 is 0 Å². The van der Waals surface area contributed by atoms with Crippen molar-refractivity contribution < 1.29 is 4.79 Å². The van der Waals surface area contributed by atoms with E-state index in [1.165, 1.54) is 0 Å². The molecule has 2 rings (SSSR count). The third kappa shape index (κ3) is 3.58. The van der Waals surface area contributed by atoms with Crippen molar-refractivity contribution in [2.24, 2.45) is 5.41 Å². The van der Waals surface area contributed by atoms with Crippen LogP contribution in [0.15, 0.2) is 30.3 Å². The summed E-state index contributed by atoms with van der Waals surface area (Å²) in [5.41, 5.74) is 0.878. The van der Waals surface area contributed by atoms with E-state index in [-0.39, 0.29) is 17.4 Å². The molecule has 0 aromatic heterocycles. The van der Waals surface area contributed by atoms with Crippen molar-refractivity contribution in [2.45, 2.75) is 19.4 Å². The Labute approximate surface area is 121 Å². The lowest BCUT2D eigenvalue weighted by Gasteiger charge is -2.28. The first-order valence-electron chi connectivity index (χ1n) is 7.23. The van der Waals surface area contributed by atoms with E-state index in [0.717, 1.165) is 31.6 Å². The van der Waals surface area contributed by atoms with Gasteiger partial charge < -0.3 is 15.5 Å². The molecule has 1 aromatic carbocycles. The molecule has 2 atom stereocenters. The first-order chi connectivity index (χ1) is 9.51. The standard InChI is InChI=1S/C16H25N3O/c1-16(9-10-17-12-16)15(20)18-14(11-19(2)3)13-7-5-4-6-8-13/h4-8,14,17H,9-12H2,1-3H3,(H,18,20). The molecule has 1 amide bonds. The molecular weight excluding hydrogens is 250 g/mol. The average molecular weight is 275 g/mol. The molecule has 0 radical (unpaired) electrons. The van der Waals surface area contributed by atoms with Crippen molar-refractivity contribution in [2.75, 3.05) is 33.7 Å². The maximum atomic E-state index is 12.6. The van der Waals surface area contributed by atoms with Gasteiger partial charge in [-0.2, -0.15) is 0 Å². The summed E-state index contributed by atoms with van der Waals surface area (Å²) in [6, 6.07) is 10.2. The second kappa shape index (κ2) is 6.37. The minimum absolute atomic E-state index is 0.0381. The summed E-state index contributed by atoms with van der Waals surface area (Å²) in [5, 5.41) is 6.50. The number of rotatable bonds is 5. The summed E-state index contributed by atoms with van der Waals surface area (Å²) in [7, 11) is 4.06. The maximum Gasteiger partial charge on any atom is 0.227 e. The number of nitrogens with one attached hydrogen (secondary N) is 2. The number of hydrogen-bond acceptors (Lipinski definition) is 3. The third-order valence-corrected chi connectivity index (χ3v) is 3.97. The van der Waals surface area contributed by atoms with Gasteiger partial charge in [0.15, 0.2) is 0 Å². The number of carbonyl (C=O) groups excluding carboxylic acids is 1. The van der Waals surface area contributed by atoms with Gasteiger partial charge in [0.2, 0.25) is 5.91 Å². The molecule has 4 heteroatoms. The maximum absolute atomic E-state index is 12.6. The average Bonchev–Trinajstić information content (AvgIpc) is 2.87. The minimum atomic E-state index is -0.278. The zero-order valence-electron chi connectivity index (χ0n) is 12.6. The van der Waals surface area contributed by atoms with Crippen LogP contribution in [0.1, 0.15) is 24.9 Å². The predicted molar refractivity (Wildman–Crippen MR) is 81.5 cm³/mol. The fourth-order valence-electron chi connectivity index (χ4n) is 2.63. The van der Waals surface area contributed by atoms with Crippen molar-refractivity contribution in [1.29, 1.82) is 0 Å². The molecule has 2 unspecified atom stereocenters. The molecular formula is C16H25N3O. The van der Waals surface area contributed by atoms with E-state index in [4.69, 9.17) is 0 Å². The van der Waals surface area contributed by atoms with E-state index < -0.39 is 0 Å². The molecule has 2 N–H and O–H groups in total. The molecule has 1 saturated heterocycles. The Hall–Kier alpha value is -1.39. The summed E-state index contributed by atoms with van der Waals surface area (Å²) in [4.78, 5) is 14.7. The Morgan fingerprint density at radius 3 is 2.65 bits per heavy atom. The molecule has 20 heavy (non-hydrogen) atoms. The molecule has 0 spiro atoms. The van der Waals surface area contributed by atoms with Crippen molar-refractivity contribution in [3.05, 3.63) is 35.9 Å². The number of hydrogen-bond donors (Lipinski definition) is 2. The molecule has 1 aromatic rings. The van der Waals surface area contributed by atoms with Gasteiger partial charge in [0.25, 0.3) is 0 Å². The number of benzene rings is 1. The Morgan fingerprint density at radius 2 is 2.10 bits per heavy atom. The SMILES string of the molecule is CN(C)CC(NC(=O)C1(C)CCNC1)c1ccccc1. The van der Waals surface area contributed by atoms with Gasteiger partial charge in [0.05, 0.1) is 11.5 Å². The molecule has 0 bridgehead atoms. The van der Waals surface area contributed by atoms with Crippen molar-refractivity contribution in [3.63, 3.8) is 0 Å². The van der Waals surface area contributed by atoms with Gasteiger partial charge in [-0.25, -0.2) is 0 Å². The van der Waals surface area contributed by atoms with Crippen LogP contribution < -0.4 is 10.6 Å². The van der Waals surface area contributed by atoms with Crippen molar-refractivity contribution in [3.8, 4) is 0 Å². The number of likely N-dealkylation sites (N-methyl/N-ethyl adjacent to an activating group) is 1. The normalized spacial score (nSPS) is 23.8. The fraction of sp³-hybridized carbons (Fsp3) is 0.562. The second-order valence-electron chi connectivity index (χ2n) is 6.19. The van der Waals surface area contributed by atoms with Crippen LogP contribution in [0.3, 0.4) is 0 Å². The first kappa shape index (κ1) is 15.0. The molecule has 1 fully saturated rings. The van der Waals surface area contributed by atoms with E-state index in [1.807, 2.05) is 39.2 Å². The van der Waals surface area contributed by atoms with Crippen LogP contribution in [0.2, 0.25) is 0 Å². The highest BCUT2D eigenvalue weighted by Gasteiger charge is 2.37. The summed E-state index contributed by atoms with van der Waals surface area (Å²) >= 11 is 0. The van der Waals surface area contributed by atoms with Gasteiger partial charge in [-0.05, 0) is 39.5 Å². The van der Waals surface area contributed by atoms with Gasteiger partial charge in [-0.3, -0.25) is 4.79 Å². The van der Waals surface area contributed by atoms with Gasteiger partial charge in [-0.15, -0.1) is 0 Å². The van der Waals surface area contributed by atoms with Gasteiger partial charge in [-0.1, -0.05) is 30.3 Å². The third-order valence-electron chi connectivity index (χ3n) is 3.97. The highest BCUT2D eigenvalue weighted by atomic mass is 16.2. The monoisotopic (exact) mass is 275 g/mol. The smallest absolute Gasteiger partial charge is 0.227 e. The number of nitrogens with zero attached hydrogens (tertiary/aromatic N) is 1. The zero-order valence-corrected chi connectivity index (χ0v) is 12.6. The molecule has 1 aliphatic heterocycles. The first-order valence-corrected chi connectivity index (χ1v) is 7.23. The van der Waals surface area contributed by atoms with Crippen LogP contribution in [0, 0.1) is 5.41 Å². The number of carbonyl (C=O) groups is 1. The van der Waals surface area contributed by atoms with E-state index in [0.29, 0.717) is 0 Å². The summed E-state index contributed by atoms with van der Waals surface area (Å²) in [6.45, 7) is 4.54. The van der Waals surface area contributed by atoms with Crippen molar-refractivity contribution >= 4 is 5.91 Å². The summed E-state index contributed by atoms with van der Waals surface area (Å²) < 4.78 is 0. The van der Waals surface area contributed by atoms with Crippen LogP contribution in [0.4, 0.5) is 0 Å². The molecule has 110 valence electrons. The summed E-state index contributed by atoms with van der Waals surface area (Å²) in [6.07, 6.45) is 0.905. The van der Waals surface area contributed by atoms with Gasteiger partial charge in [0.1, 0.15) is 0 Å². The highest BCUT2D eigenvalue weighted by molar-refractivity contribution is 5.83. The Balaban J connectivity index is 2.10.